The number of fused-ring (bicyclic) bond motifs is 1. The first-order valence-electron chi connectivity index (χ1n) is 8.03. The number of nitrogens with one attached hydrogen (secondary N) is 1. The number of benzene rings is 1. The summed E-state index contributed by atoms with van der Waals surface area (Å²) in [5.41, 5.74) is 3.19. The van der Waals surface area contributed by atoms with Gasteiger partial charge in [-0.25, -0.2) is 0 Å². The first kappa shape index (κ1) is 14.6. The van der Waals surface area contributed by atoms with Gasteiger partial charge >= 0.3 is 0 Å². The fourth-order valence-corrected chi connectivity index (χ4v) is 3.30. The summed E-state index contributed by atoms with van der Waals surface area (Å²) in [5, 5.41) is 3.81. The van der Waals surface area contributed by atoms with Gasteiger partial charge in [-0.15, -0.1) is 0 Å². The minimum absolute atomic E-state index is 0.672. The molecule has 1 heteroatoms. The van der Waals surface area contributed by atoms with Crippen LogP contribution in [-0.4, -0.2) is 12.6 Å². The van der Waals surface area contributed by atoms with Gasteiger partial charge < -0.3 is 5.32 Å². The average molecular weight is 259 g/mol. The first-order chi connectivity index (χ1) is 9.22. The summed E-state index contributed by atoms with van der Waals surface area (Å²) in [6, 6.07) is 9.73. The van der Waals surface area contributed by atoms with Gasteiger partial charge in [0.05, 0.1) is 0 Å². The van der Waals surface area contributed by atoms with Crippen LogP contribution >= 0.6 is 0 Å². The summed E-state index contributed by atoms with van der Waals surface area (Å²) >= 11 is 0. The monoisotopic (exact) mass is 259 g/mol. The van der Waals surface area contributed by atoms with Gasteiger partial charge in [-0.2, -0.15) is 0 Å². The minimum Gasteiger partial charge on any atom is -0.313 e. The molecule has 0 aliphatic heterocycles. The van der Waals surface area contributed by atoms with Crippen molar-refractivity contribution in [2.45, 2.75) is 64.8 Å². The van der Waals surface area contributed by atoms with Crippen LogP contribution in [-0.2, 0) is 6.42 Å². The summed E-state index contributed by atoms with van der Waals surface area (Å²) in [6.07, 6.45) is 6.48. The molecule has 2 rings (SSSR count). The molecular formula is C18H29N. The number of aryl methyl sites for hydroxylation is 1. The van der Waals surface area contributed by atoms with E-state index >= 15 is 0 Å². The zero-order chi connectivity index (χ0) is 13.7. The van der Waals surface area contributed by atoms with E-state index in [0.29, 0.717) is 6.04 Å². The van der Waals surface area contributed by atoms with Gasteiger partial charge in [0.15, 0.2) is 0 Å². The summed E-state index contributed by atoms with van der Waals surface area (Å²) in [6.45, 7) is 8.08. The molecule has 1 N–H and O–H groups in total. The zero-order valence-corrected chi connectivity index (χ0v) is 12.8. The smallest absolute Gasteiger partial charge is 0.0136 e. The molecule has 0 aromatic heterocycles. The van der Waals surface area contributed by atoms with Crippen molar-refractivity contribution in [3.63, 3.8) is 0 Å². The maximum atomic E-state index is 3.81. The molecule has 0 heterocycles. The minimum atomic E-state index is 0.672. The third-order valence-corrected chi connectivity index (χ3v) is 4.38. The number of hydrogen-bond donors (Lipinski definition) is 1. The highest BCUT2D eigenvalue weighted by molar-refractivity contribution is 5.36. The van der Waals surface area contributed by atoms with E-state index in [1.807, 2.05) is 0 Å². The Balaban J connectivity index is 2.05. The fourth-order valence-electron chi connectivity index (χ4n) is 3.30. The quantitative estimate of drug-likeness (QED) is 0.759. The second-order valence-corrected chi connectivity index (χ2v) is 6.38. The highest BCUT2D eigenvalue weighted by Crippen LogP contribution is 2.36. The van der Waals surface area contributed by atoms with Crippen LogP contribution in [0.1, 0.15) is 63.5 Å². The molecule has 0 bridgehead atoms. The van der Waals surface area contributed by atoms with E-state index in [9.17, 15) is 0 Å². The Hall–Kier alpha value is -0.820. The maximum Gasteiger partial charge on any atom is 0.0136 e. The van der Waals surface area contributed by atoms with Crippen LogP contribution in [0.4, 0.5) is 0 Å². The first-order valence-corrected chi connectivity index (χ1v) is 8.03. The van der Waals surface area contributed by atoms with Crippen LogP contribution in [0.15, 0.2) is 24.3 Å². The molecule has 1 aromatic carbocycles. The van der Waals surface area contributed by atoms with Crippen molar-refractivity contribution in [2.24, 2.45) is 5.92 Å². The van der Waals surface area contributed by atoms with E-state index in [2.05, 4.69) is 50.4 Å². The van der Waals surface area contributed by atoms with Gasteiger partial charge in [0, 0.05) is 6.04 Å². The normalized spacial score (nSPS) is 19.7. The van der Waals surface area contributed by atoms with E-state index in [0.717, 1.165) is 18.4 Å². The topological polar surface area (TPSA) is 12.0 Å². The molecule has 1 aliphatic rings. The summed E-state index contributed by atoms with van der Waals surface area (Å²) < 4.78 is 0. The van der Waals surface area contributed by atoms with Crippen molar-refractivity contribution in [3.05, 3.63) is 35.4 Å². The van der Waals surface area contributed by atoms with Gasteiger partial charge in [0.2, 0.25) is 0 Å². The van der Waals surface area contributed by atoms with E-state index in [1.165, 1.54) is 32.1 Å². The van der Waals surface area contributed by atoms with Crippen molar-refractivity contribution in [3.8, 4) is 0 Å². The molecule has 106 valence electrons. The highest BCUT2D eigenvalue weighted by atomic mass is 14.9. The van der Waals surface area contributed by atoms with Crippen molar-refractivity contribution in [1.82, 2.24) is 5.32 Å². The van der Waals surface area contributed by atoms with E-state index in [1.54, 1.807) is 11.1 Å². The SMILES string of the molecule is CCCNC(CCC(C)C)C1CCc2ccccc21. The number of hydrogen-bond acceptors (Lipinski definition) is 1. The van der Waals surface area contributed by atoms with Crippen LogP contribution in [0.25, 0.3) is 0 Å². The van der Waals surface area contributed by atoms with E-state index in [-0.39, 0.29) is 0 Å². The highest BCUT2D eigenvalue weighted by Gasteiger charge is 2.28. The van der Waals surface area contributed by atoms with Crippen LogP contribution < -0.4 is 5.32 Å². The Morgan fingerprint density at radius 3 is 2.74 bits per heavy atom. The molecule has 0 spiro atoms. The van der Waals surface area contributed by atoms with Crippen LogP contribution in [0.5, 0.6) is 0 Å². The largest absolute Gasteiger partial charge is 0.313 e. The summed E-state index contributed by atoms with van der Waals surface area (Å²) in [7, 11) is 0. The lowest BCUT2D eigenvalue weighted by Gasteiger charge is -2.26. The molecular weight excluding hydrogens is 230 g/mol. The van der Waals surface area contributed by atoms with Crippen LogP contribution in [0.2, 0.25) is 0 Å². The lowest BCUT2D eigenvalue weighted by molar-refractivity contribution is 0.374. The van der Waals surface area contributed by atoms with Crippen molar-refractivity contribution < 1.29 is 0 Å². The Kier molecular flexibility index (Phi) is 5.45. The molecule has 1 aliphatic carbocycles. The molecule has 0 amide bonds. The number of rotatable bonds is 7. The Labute approximate surface area is 118 Å². The lowest BCUT2D eigenvalue weighted by Crippen LogP contribution is -2.35. The van der Waals surface area contributed by atoms with Gasteiger partial charge in [-0.1, -0.05) is 45.0 Å². The Morgan fingerprint density at radius 1 is 1.21 bits per heavy atom. The molecule has 1 nitrogen and oxygen atoms in total. The second-order valence-electron chi connectivity index (χ2n) is 6.38. The van der Waals surface area contributed by atoms with Crippen LogP contribution in [0, 0.1) is 5.92 Å². The van der Waals surface area contributed by atoms with Crippen molar-refractivity contribution in [2.75, 3.05) is 6.54 Å². The van der Waals surface area contributed by atoms with Gasteiger partial charge in [-0.05, 0) is 61.6 Å². The van der Waals surface area contributed by atoms with Gasteiger partial charge in [-0.3, -0.25) is 0 Å². The Bertz CT molecular complexity index is 383. The second kappa shape index (κ2) is 7.09. The van der Waals surface area contributed by atoms with Gasteiger partial charge in [0.1, 0.15) is 0 Å². The predicted octanol–water partition coefficient (Wildman–Crippen LogP) is 4.52. The Morgan fingerprint density at radius 2 is 2.00 bits per heavy atom. The molecule has 1 aromatic rings. The maximum absolute atomic E-state index is 3.81. The summed E-state index contributed by atoms with van der Waals surface area (Å²) in [5.74, 6) is 1.55. The third-order valence-electron chi connectivity index (χ3n) is 4.38. The van der Waals surface area contributed by atoms with E-state index < -0.39 is 0 Å². The molecule has 0 fully saturated rings. The third kappa shape index (κ3) is 3.82. The van der Waals surface area contributed by atoms with Crippen molar-refractivity contribution >= 4 is 0 Å². The molecule has 2 atom stereocenters. The lowest BCUT2D eigenvalue weighted by atomic mass is 9.88. The van der Waals surface area contributed by atoms with E-state index in [4.69, 9.17) is 0 Å². The molecule has 0 saturated carbocycles. The van der Waals surface area contributed by atoms with Crippen molar-refractivity contribution in [1.29, 1.82) is 0 Å². The molecule has 2 unspecified atom stereocenters. The molecule has 0 saturated heterocycles. The predicted molar refractivity (Wildman–Crippen MR) is 83.7 cm³/mol. The molecule has 0 radical (unpaired) electrons. The summed E-state index contributed by atoms with van der Waals surface area (Å²) in [4.78, 5) is 0. The average Bonchev–Trinajstić information content (AvgIpc) is 2.83. The van der Waals surface area contributed by atoms with Crippen LogP contribution in [0.3, 0.4) is 0 Å². The van der Waals surface area contributed by atoms with Gasteiger partial charge in [0.25, 0.3) is 0 Å². The standard InChI is InChI=1S/C18H29N/c1-4-13-19-18(12-9-14(2)3)17-11-10-15-7-5-6-8-16(15)17/h5-8,14,17-19H,4,9-13H2,1-3H3. The fraction of sp³-hybridized carbons (Fsp3) is 0.667. The molecule has 19 heavy (non-hydrogen) atoms. The zero-order valence-electron chi connectivity index (χ0n) is 12.8.